The van der Waals surface area contributed by atoms with Crippen LogP contribution >= 0.6 is 0 Å². The largest absolute Gasteiger partial charge is 0.307 e. The maximum atomic E-state index is 5.44. The lowest BCUT2D eigenvalue weighted by atomic mass is 10.2. The quantitative estimate of drug-likeness (QED) is 0.616. The SMILES string of the molecule is NNc1ncc(-c2cccnc2)nc1C1CC1. The average molecular weight is 227 g/mol. The molecule has 0 amide bonds. The molecule has 1 aliphatic rings. The second-order valence-corrected chi connectivity index (χ2v) is 4.15. The van der Waals surface area contributed by atoms with Crippen molar-refractivity contribution in [2.45, 2.75) is 18.8 Å². The summed E-state index contributed by atoms with van der Waals surface area (Å²) in [5.41, 5.74) is 5.40. The number of pyridine rings is 1. The fraction of sp³-hybridized carbons (Fsp3) is 0.250. The van der Waals surface area contributed by atoms with E-state index in [-0.39, 0.29) is 0 Å². The van der Waals surface area contributed by atoms with Crippen LogP contribution in [0.2, 0.25) is 0 Å². The summed E-state index contributed by atoms with van der Waals surface area (Å²) in [6.45, 7) is 0. The van der Waals surface area contributed by atoms with E-state index in [1.165, 1.54) is 12.8 Å². The van der Waals surface area contributed by atoms with E-state index in [9.17, 15) is 0 Å². The van der Waals surface area contributed by atoms with Crippen LogP contribution in [0, 0.1) is 0 Å². The van der Waals surface area contributed by atoms with Crippen LogP contribution in [-0.2, 0) is 0 Å². The molecule has 0 unspecified atom stereocenters. The van der Waals surface area contributed by atoms with Gasteiger partial charge in [0.1, 0.15) is 0 Å². The van der Waals surface area contributed by atoms with E-state index in [0.29, 0.717) is 11.7 Å². The molecule has 3 N–H and O–H groups in total. The molecule has 0 aromatic carbocycles. The monoisotopic (exact) mass is 227 g/mol. The van der Waals surface area contributed by atoms with Crippen molar-refractivity contribution in [2.24, 2.45) is 5.84 Å². The predicted molar refractivity (Wildman–Crippen MR) is 65.0 cm³/mol. The van der Waals surface area contributed by atoms with Crippen LogP contribution in [0.1, 0.15) is 24.5 Å². The topological polar surface area (TPSA) is 76.7 Å². The summed E-state index contributed by atoms with van der Waals surface area (Å²) in [6, 6.07) is 3.87. The Balaban J connectivity index is 2.04. The molecule has 86 valence electrons. The minimum absolute atomic E-state index is 0.505. The second kappa shape index (κ2) is 4.10. The van der Waals surface area contributed by atoms with E-state index in [0.717, 1.165) is 17.0 Å². The number of rotatable bonds is 3. The summed E-state index contributed by atoms with van der Waals surface area (Å²) >= 11 is 0. The maximum absolute atomic E-state index is 5.44. The Kier molecular flexibility index (Phi) is 2.45. The van der Waals surface area contributed by atoms with E-state index >= 15 is 0 Å². The van der Waals surface area contributed by atoms with Crippen molar-refractivity contribution < 1.29 is 0 Å². The molecule has 1 aliphatic carbocycles. The molecule has 1 fully saturated rings. The maximum Gasteiger partial charge on any atom is 0.162 e. The third-order valence-electron chi connectivity index (χ3n) is 2.86. The number of nitrogens with two attached hydrogens (primary N) is 1. The van der Waals surface area contributed by atoms with Gasteiger partial charge in [-0.2, -0.15) is 0 Å². The van der Waals surface area contributed by atoms with Crippen LogP contribution < -0.4 is 11.3 Å². The van der Waals surface area contributed by atoms with Crippen molar-refractivity contribution in [3.63, 3.8) is 0 Å². The summed E-state index contributed by atoms with van der Waals surface area (Å²) in [5.74, 6) is 6.63. The lowest BCUT2D eigenvalue weighted by molar-refractivity contribution is 0.985. The van der Waals surface area contributed by atoms with E-state index in [2.05, 4.69) is 20.4 Å². The van der Waals surface area contributed by atoms with Crippen molar-refractivity contribution in [3.8, 4) is 11.3 Å². The minimum atomic E-state index is 0.505. The van der Waals surface area contributed by atoms with Crippen molar-refractivity contribution in [3.05, 3.63) is 36.4 Å². The molecule has 0 radical (unpaired) electrons. The fourth-order valence-electron chi connectivity index (χ4n) is 1.81. The van der Waals surface area contributed by atoms with E-state index < -0.39 is 0 Å². The molecule has 0 bridgehead atoms. The number of anilines is 1. The Morgan fingerprint density at radius 2 is 2.18 bits per heavy atom. The average Bonchev–Trinajstić information content (AvgIpc) is 3.23. The zero-order valence-electron chi connectivity index (χ0n) is 9.30. The van der Waals surface area contributed by atoms with E-state index in [4.69, 9.17) is 5.84 Å². The number of hydrogen-bond acceptors (Lipinski definition) is 5. The third-order valence-corrected chi connectivity index (χ3v) is 2.86. The molecule has 0 atom stereocenters. The van der Waals surface area contributed by atoms with Crippen LogP contribution in [0.4, 0.5) is 5.82 Å². The molecule has 17 heavy (non-hydrogen) atoms. The Labute approximate surface area is 99.1 Å². The highest BCUT2D eigenvalue weighted by Crippen LogP contribution is 2.42. The molecule has 0 saturated heterocycles. The Bertz CT molecular complexity index is 522. The standard InChI is InChI=1S/C12H13N5/c13-17-12-11(8-3-4-8)16-10(7-15-12)9-2-1-5-14-6-9/h1-2,5-8H,3-4,13H2,(H,15,17). The Hall–Kier alpha value is -2.01. The van der Waals surface area contributed by atoms with Gasteiger partial charge in [-0.3, -0.25) is 4.98 Å². The molecule has 5 heteroatoms. The summed E-state index contributed by atoms with van der Waals surface area (Å²) in [4.78, 5) is 13.0. The number of hydrazine groups is 1. The molecular formula is C12H13N5. The van der Waals surface area contributed by atoms with Gasteiger partial charge in [0.05, 0.1) is 17.6 Å². The number of hydrogen-bond donors (Lipinski definition) is 2. The zero-order valence-corrected chi connectivity index (χ0v) is 9.30. The third kappa shape index (κ3) is 1.97. The van der Waals surface area contributed by atoms with Crippen LogP contribution in [0.15, 0.2) is 30.7 Å². The molecule has 0 aliphatic heterocycles. The molecule has 2 heterocycles. The number of nitrogen functional groups attached to an aromatic ring is 1. The molecule has 3 rings (SSSR count). The van der Waals surface area contributed by atoms with Crippen molar-refractivity contribution >= 4 is 5.82 Å². The van der Waals surface area contributed by atoms with Gasteiger partial charge < -0.3 is 5.43 Å². The molecule has 1 saturated carbocycles. The predicted octanol–water partition coefficient (Wildman–Crippen LogP) is 1.70. The highest BCUT2D eigenvalue weighted by atomic mass is 15.3. The number of nitrogens with one attached hydrogen (secondary N) is 1. The van der Waals surface area contributed by atoms with Crippen molar-refractivity contribution in [2.75, 3.05) is 5.43 Å². The van der Waals surface area contributed by atoms with E-state index in [1.807, 2.05) is 12.1 Å². The lowest BCUT2D eigenvalue weighted by Gasteiger charge is -2.08. The van der Waals surface area contributed by atoms with Gasteiger partial charge in [0.25, 0.3) is 0 Å². The van der Waals surface area contributed by atoms with Crippen LogP contribution in [-0.4, -0.2) is 15.0 Å². The summed E-state index contributed by atoms with van der Waals surface area (Å²) in [6.07, 6.45) is 7.59. The van der Waals surface area contributed by atoms with Crippen molar-refractivity contribution in [1.82, 2.24) is 15.0 Å². The molecule has 0 spiro atoms. The van der Waals surface area contributed by atoms with Gasteiger partial charge in [-0.15, -0.1) is 0 Å². The summed E-state index contributed by atoms with van der Waals surface area (Å²) in [7, 11) is 0. The molecule has 5 nitrogen and oxygen atoms in total. The zero-order chi connectivity index (χ0) is 11.7. The summed E-state index contributed by atoms with van der Waals surface area (Å²) in [5, 5.41) is 0. The number of aromatic nitrogens is 3. The normalized spacial score (nSPS) is 14.6. The summed E-state index contributed by atoms with van der Waals surface area (Å²) < 4.78 is 0. The van der Waals surface area contributed by atoms with Gasteiger partial charge in [-0.1, -0.05) is 0 Å². The molecular weight excluding hydrogens is 214 g/mol. The molecule has 2 aromatic heterocycles. The Morgan fingerprint density at radius 3 is 2.82 bits per heavy atom. The van der Waals surface area contributed by atoms with Crippen LogP contribution in [0.3, 0.4) is 0 Å². The Morgan fingerprint density at radius 1 is 1.29 bits per heavy atom. The van der Waals surface area contributed by atoms with Crippen LogP contribution in [0.5, 0.6) is 0 Å². The first-order chi connectivity index (χ1) is 8.38. The fourth-order valence-corrected chi connectivity index (χ4v) is 1.81. The van der Waals surface area contributed by atoms with Gasteiger partial charge in [0, 0.05) is 23.9 Å². The highest BCUT2D eigenvalue weighted by molar-refractivity contribution is 5.59. The second-order valence-electron chi connectivity index (χ2n) is 4.15. The van der Waals surface area contributed by atoms with Gasteiger partial charge in [0.2, 0.25) is 0 Å². The van der Waals surface area contributed by atoms with Gasteiger partial charge in [-0.25, -0.2) is 15.8 Å². The molecule has 2 aromatic rings. The van der Waals surface area contributed by atoms with Gasteiger partial charge in [0.15, 0.2) is 5.82 Å². The first-order valence-corrected chi connectivity index (χ1v) is 5.62. The lowest BCUT2D eigenvalue weighted by Crippen LogP contribution is -2.12. The number of nitrogens with zero attached hydrogens (tertiary/aromatic N) is 3. The first kappa shape index (κ1) is 10.2. The van der Waals surface area contributed by atoms with E-state index in [1.54, 1.807) is 18.6 Å². The van der Waals surface area contributed by atoms with Crippen molar-refractivity contribution in [1.29, 1.82) is 0 Å². The smallest absolute Gasteiger partial charge is 0.162 e. The van der Waals surface area contributed by atoms with Crippen LogP contribution in [0.25, 0.3) is 11.3 Å². The minimum Gasteiger partial charge on any atom is -0.307 e. The van der Waals surface area contributed by atoms with Gasteiger partial charge in [-0.05, 0) is 25.0 Å². The first-order valence-electron chi connectivity index (χ1n) is 5.62. The van der Waals surface area contributed by atoms with Gasteiger partial charge >= 0.3 is 0 Å². The highest BCUT2D eigenvalue weighted by Gasteiger charge is 2.28.